The molecule has 4 heteroatoms. The van der Waals surface area contributed by atoms with Crippen molar-refractivity contribution >= 4 is 11.3 Å². The van der Waals surface area contributed by atoms with Crippen LogP contribution in [0.25, 0.3) is 5.65 Å². The van der Waals surface area contributed by atoms with Gasteiger partial charge in [-0.3, -0.25) is 4.40 Å². The molecule has 2 N–H and O–H groups in total. The summed E-state index contributed by atoms with van der Waals surface area (Å²) in [5.41, 5.74) is 7.34. The fourth-order valence-corrected chi connectivity index (χ4v) is 1.54. The molecule has 0 amide bonds. The Kier molecular flexibility index (Phi) is 1.17. The molecular formula is C9H10N4. The minimum atomic E-state index is 0.608. The normalized spacial score (nSPS) is 16.6. The summed E-state index contributed by atoms with van der Waals surface area (Å²) in [5.74, 6) is 1.67. The van der Waals surface area contributed by atoms with E-state index in [2.05, 4.69) is 10.2 Å². The molecule has 0 radical (unpaired) electrons. The number of pyridine rings is 1. The summed E-state index contributed by atoms with van der Waals surface area (Å²) in [6.07, 6.45) is 4.36. The van der Waals surface area contributed by atoms with Gasteiger partial charge in [-0.15, -0.1) is 10.2 Å². The van der Waals surface area contributed by atoms with Gasteiger partial charge in [-0.2, -0.15) is 0 Å². The van der Waals surface area contributed by atoms with Crippen LogP contribution >= 0.6 is 0 Å². The first-order valence-electron chi connectivity index (χ1n) is 4.45. The molecule has 0 aliphatic heterocycles. The largest absolute Gasteiger partial charge is 0.398 e. The van der Waals surface area contributed by atoms with Crippen LogP contribution in [0.1, 0.15) is 24.6 Å². The third kappa shape index (κ3) is 0.983. The molecule has 2 aromatic heterocycles. The maximum absolute atomic E-state index is 5.70. The molecule has 0 atom stereocenters. The Morgan fingerprint density at radius 3 is 2.92 bits per heavy atom. The summed E-state index contributed by atoms with van der Waals surface area (Å²) in [6, 6.07) is 3.74. The number of nitrogens with zero attached hydrogens (tertiary/aromatic N) is 3. The predicted octanol–water partition coefficient (Wildman–Crippen LogP) is 1.19. The molecule has 4 nitrogen and oxygen atoms in total. The Hall–Kier alpha value is -1.58. The van der Waals surface area contributed by atoms with Crippen molar-refractivity contribution in [3.8, 4) is 0 Å². The minimum absolute atomic E-state index is 0.608. The highest BCUT2D eigenvalue weighted by molar-refractivity contribution is 5.47. The zero-order valence-electron chi connectivity index (χ0n) is 7.14. The van der Waals surface area contributed by atoms with E-state index < -0.39 is 0 Å². The SMILES string of the molecule is Nc1ccc2nnc(C3CC3)n2c1. The number of nitrogens with two attached hydrogens (primary N) is 1. The summed E-state index contributed by atoms with van der Waals surface area (Å²) in [7, 11) is 0. The van der Waals surface area contributed by atoms with Crippen LogP contribution < -0.4 is 5.73 Å². The van der Waals surface area contributed by atoms with Crippen LogP contribution in [-0.4, -0.2) is 14.6 Å². The van der Waals surface area contributed by atoms with Gasteiger partial charge in [-0.25, -0.2) is 0 Å². The van der Waals surface area contributed by atoms with Gasteiger partial charge in [-0.05, 0) is 25.0 Å². The molecule has 0 bridgehead atoms. The van der Waals surface area contributed by atoms with E-state index in [0.717, 1.165) is 17.2 Å². The van der Waals surface area contributed by atoms with E-state index in [1.54, 1.807) is 0 Å². The maximum atomic E-state index is 5.70. The van der Waals surface area contributed by atoms with Crippen molar-refractivity contribution < 1.29 is 0 Å². The van der Waals surface area contributed by atoms with Crippen molar-refractivity contribution in [2.24, 2.45) is 0 Å². The summed E-state index contributed by atoms with van der Waals surface area (Å²) in [6.45, 7) is 0. The van der Waals surface area contributed by atoms with Gasteiger partial charge < -0.3 is 5.73 Å². The Morgan fingerprint density at radius 1 is 1.31 bits per heavy atom. The molecule has 0 spiro atoms. The van der Waals surface area contributed by atoms with Gasteiger partial charge in [0.05, 0.1) is 0 Å². The maximum Gasteiger partial charge on any atom is 0.160 e. The van der Waals surface area contributed by atoms with Crippen LogP contribution in [0.5, 0.6) is 0 Å². The zero-order chi connectivity index (χ0) is 8.84. The van der Waals surface area contributed by atoms with Crippen molar-refractivity contribution in [2.75, 3.05) is 5.73 Å². The molecule has 2 aromatic rings. The van der Waals surface area contributed by atoms with Gasteiger partial charge in [0.25, 0.3) is 0 Å². The molecule has 3 rings (SSSR count). The second-order valence-corrected chi connectivity index (χ2v) is 3.52. The Labute approximate surface area is 75.4 Å². The van der Waals surface area contributed by atoms with E-state index in [1.165, 1.54) is 12.8 Å². The number of anilines is 1. The van der Waals surface area contributed by atoms with Crippen LogP contribution in [0.15, 0.2) is 18.3 Å². The number of hydrogen-bond acceptors (Lipinski definition) is 3. The summed E-state index contributed by atoms with van der Waals surface area (Å²) >= 11 is 0. The van der Waals surface area contributed by atoms with Gasteiger partial charge >= 0.3 is 0 Å². The van der Waals surface area contributed by atoms with E-state index in [-0.39, 0.29) is 0 Å². The second kappa shape index (κ2) is 2.22. The van der Waals surface area contributed by atoms with E-state index >= 15 is 0 Å². The summed E-state index contributed by atoms with van der Waals surface area (Å²) in [4.78, 5) is 0. The highest BCUT2D eigenvalue weighted by atomic mass is 15.2. The number of nitrogen functional groups attached to an aromatic ring is 1. The Morgan fingerprint density at radius 2 is 2.15 bits per heavy atom. The van der Waals surface area contributed by atoms with Crippen molar-refractivity contribution in [2.45, 2.75) is 18.8 Å². The number of fused-ring (bicyclic) bond motifs is 1. The molecule has 13 heavy (non-hydrogen) atoms. The quantitative estimate of drug-likeness (QED) is 0.706. The average Bonchev–Trinajstić information content (AvgIpc) is 2.87. The monoisotopic (exact) mass is 174 g/mol. The fourth-order valence-electron chi connectivity index (χ4n) is 1.54. The smallest absolute Gasteiger partial charge is 0.160 e. The highest BCUT2D eigenvalue weighted by Crippen LogP contribution is 2.38. The van der Waals surface area contributed by atoms with Gasteiger partial charge in [0, 0.05) is 17.8 Å². The topological polar surface area (TPSA) is 56.2 Å². The first-order valence-corrected chi connectivity index (χ1v) is 4.45. The molecule has 1 aliphatic carbocycles. The van der Waals surface area contributed by atoms with Crippen LogP contribution in [0, 0.1) is 0 Å². The standard InChI is InChI=1S/C9H10N4/c10-7-3-4-8-11-12-9(6-1-2-6)13(8)5-7/h3-6H,1-2,10H2. The second-order valence-electron chi connectivity index (χ2n) is 3.52. The highest BCUT2D eigenvalue weighted by Gasteiger charge is 2.28. The summed E-state index contributed by atoms with van der Waals surface area (Å²) < 4.78 is 1.99. The molecule has 66 valence electrons. The van der Waals surface area contributed by atoms with Gasteiger partial charge in [0.15, 0.2) is 5.65 Å². The molecular weight excluding hydrogens is 164 g/mol. The van der Waals surface area contributed by atoms with Crippen molar-refractivity contribution in [1.82, 2.24) is 14.6 Å². The van der Waals surface area contributed by atoms with E-state index in [9.17, 15) is 0 Å². The number of rotatable bonds is 1. The lowest BCUT2D eigenvalue weighted by atomic mass is 10.3. The third-order valence-corrected chi connectivity index (χ3v) is 2.39. The summed E-state index contributed by atoms with van der Waals surface area (Å²) in [5, 5.41) is 8.23. The number of hydrogen-bond donors (Lipinski definition) is 1. The van der Waals surface area contributed by atoms with Crippen LogP contribution in [0.4, 0.5) is 5.69 Å². The van der Waals surface area contributed by atoms with E-state index in [4.69, 9.17) is 5.73 Å². The van der Waals surface area contributed by atoms with Gasteiger partial charge in [0.1, 0.15) is 5.82 Å². The molecule has 1 fully saturated rings. The first-order chi connectivity index (χ1) is 6.34. The Bertz CT molecular complexity index is 456. The van der Waals surface area contributed by atoms with Crippen LogP contribution in [-0.2, 0) is 0 Å². The predicted molar refractivity (Wildman–Crippen MR) is 49.4 cm³/mol. The van der Waals surface area contributed by atoms with Crippen molar-refractivity contribution in [3.05, 3.63) is 24.2 Å². The zero-order valence-corrected chi connectivity index (χ0v) is 7.14. The average molecular weight is 174 g/mol. The molecule has 0 aromatic carbocycles. The molecule has 1 aliphatic rings. The van der Waals surface area contributed by atoms with Crippen molar-refractivity contribution in [3.63, 3.8) is 0 Å². The van der Waals surface area contributed by atoms with E-state index in [0.29, 0.717) is 5.92 Å². The molecule has 1 saturated carbocycles. The minimum Gasteiger partial charge on any atom is -0.398 e. The number of aromatic nitrogens is 3. The lowest BCUT2D eigenvalue weighted by Gasteiger charge is -1.97. The lowest BCUT2D eigenvalue weighted by molar-refractivity contribution is 0.898. The van der Waals surface area contributed by atoms with E-state index in [1.807, 2.05) is 22.7 Å². The van der Waals surface area contributed by atoms with Gasteiger partial charge in [0.2, 0.25) is 0 Å². The lowest BCUT2D eigenvalue weighted by Crippen LogP contribution is -1.94. The fraction of sp³-hybridized carbons (Fsp3) is 0.333. The Balaban J connectivity index is 2.29. The molecule has 0 unspecified atom stereocenters. The first kappa shape index (κ1) is 6.88. The third-order valence-electron chi connectivity index (χ3n) is 2.39. The van der Waals surface area contributed by atoms with Crippen LogP contribution in [0.2, 0.25) is 0 Å². The van der Waals surface area contributed by atoms with Crippen LogP contribution in [0.3, 0.4) is 0 Å². The van der Waals surface area contributed by atoms with Crippen molar-refractivity contribution in [1.29, 1.82) is 0 Å². The molecule has 2 heterocycles. The molecule has 0 saturated heterocycles. The van der Waals surface area contributed by atoms with Gasteiger partial charge in [-0.1, -0.05) is 0 Å².